The summed E-state index contributed by atoms with van der Waals surface area (Å²) in [6, 6.07) is 7.17. The minimum Gasteiger partial charge on any atom is -0.261 e. The molecule has 0 saturated carbocycles. The van der Waals surface area contributed by atoms with Gasteiger partial charge >= 0.3 is 0 Å². The Morgan fingerprint density at radius 2 is 1.80 bits per heavy atom. The Morgan fingerprint density at radius 1 is 1.07 bits per heavy atom. The Bertz CT molecular complexity index is 439. The first kappa shape index (κ1) is 10.3. The minimum atomic E-state index is 0.348. The van der Waals surface area contributed by atoms with Gasteiger partial charge in [0, 0.05) is 18.0 Å². The first-order valence-electron chi connectivity index (χ1n) is 4.33. The third kappa shape index (κ3) is 2.88. The summed E-state index contributed by atoms with van der Waals surface area (Å²) >= 11 is 11.5. The molecule has 76 valence electrons. The van der Waals surface area contributed by atoms with E-state index in [9.17, 15) is 0 Å². The maximum atomic E-state index is 5.76. The van der Waals surface area contributed by atoms with Crippen LogP contribution in [0, 0.1) is 0 Å². The maximum Gasteiger partial charge on any atom is 0.137 e. The van der Waals surface area contributed by atoms with E-state index in [1.807, 2.05) is 18.2 Å². The number of halogens is 2. The van der Waals surface area contributed by atoms with E-state index in [1.165, 1.54) is 6.07 Å². The molecule has 2 aromatic rings. The number of aromatic nitrogens is 3. The fourth-order valence-corrected chi connectivity index (χ4v) is 1.64. The molecule has 0 aliphatic rings. The van der Waals surface area contributed by atoms with Crippen molar-refractivity contribution in [3.05, 3.63) is 52.3 Å². The topological polar surface area (TPSA) is 38.7 Å². The van der Waals surface area contributed by atoms with Crippen molar-refractivity contribution in [1.82, 2.24) is 15.0 Å². The molecule has 0 amide bonds. The highest BCUT2D eigenvalue weighted by Crippen LogP contribution is 2.13. The molecule has 0 aliphatic heterocycles. The highest BCUT2D eigenvalue weighted by atomic mass is 35.5. The van der Waals surface area contributed by atoms with Crippen LogP contribution in [0.15, 0.2) is 30.5 Å². The summed E-state index contributed by atoms with van der Waals surface area (Å²) in [6.07, 6.45) is 2.25. The van der Waals surface area contributed by atoms with E-state index in [4.69, 9.17) is 23.2 Å². The van der Waals surface area contributed by atoms with Gasteiger partial charge in [0.25, 0.3) is 0 Å². The molecule has 2 rings (SSSR count). The van der Waals surface area contributed by atoms with E-state index >= 15 is 0 Å². The van der Waals surface area contributed by atoms with Crippen LogP contribution in [0.5, 0.6) is 0 Å². The number of nitrogens with zero attached hydrogens (tertiary/aromatic N) is 3. The Morgan fingerprint density at radius 3 is 2.40 bits per heavy atom. The van der Waals surface area contributed by atoms with Gasteiger partial charge in [0.1, 0.15) is 16.1 Å². The van der Waals surface area contributed by atoms with E-state index in [2.05, 4.69) is 15.0 Å². The monoisotopic (exact) mass is 239 g/mol. The van der Waals surface area contributed by atoms with Crippen molar-refractivity contribution in [3.8, 4) is 0 Å². The summed E-state index contributed by atoms with van der Waals surface area (Å²) in [5.74, 6) is 0.575. The summed E-state index contributed by atoms with van der Waals surface area (Å²) in [5.41, 5.74) is 0.885. The second kappa shape index (κ2) is 4.55. The largest absolute Gasteiger partial charge is 0.261 e. The summed E-state index contributed by atoms with van der Waals surface area (Å²) in [4.78, 5) is 12.3. The molecule has 0 N–H and O–H groups in total. The molecule has 0 radical (unpaired) electrons. The van der Waals surface area contributed by atoms with Crippen LogP contribution in [0.2, 0.25) is 10.3 Å². The Hall–Kier alpha value is -1.19. The lowest BCUT2D eigenvalue weighted by Gasteiger charge is -2.00. The number of rotatable bonds is 2. The normalized spacial score (nSPS) is 10.3. The van der Waals surface area contributed by atoms with Gasteiger partial charge in [-0.1, -0.05) is 29.3 Å². The molecule has 3 nitrogen and oxygen atoms in total. The number of hydrogen-bond acceptors (Lipinski definition) is 3. The van der Waals surface area contributed by atoms with Gasteiger partial charge in [-0.15, -0.1) is 0 Å². The molecule has 0 aromatic carbocycles. The van der Waals surface area contributed by atoms with Crippen LogP contribution in [-0.2, 0) is 6.42 Å². The summed E-state index contributed by atoms with van der Waals surface area (Å²) < 4.78 is 0. The van der Waals surface area contributed by atoms with Crippen molar-refractivity contribution in [2.75, 3.05) is 0 Å². The van der Waals surface area contributed by atoms with Gasteiger partial charge in [0.2, 0.25) is 0 Å². The summed E-state index contributed by atoms with van der Waals surface area (Å²) in [6.45, 7) is 0. The average molecular weight is 240 g/mol. The Kier molecular flexibility index (Phi) is 3.14. The standard InChI is InChI=1S/C10H7Cl2N3/c11-8-6-9(12)15-10(14-8)5-7-3-1-2-4-13-7/h1-4,6H,5H2. The van der Waals surface area contributed by atoms with Gasteiger partial charge in [0.05, 0.1) is 6.42 Å². The quantitative estimate of drug-likeness (QED) is 0.757. The molecule has 0 atom stereocenters. The lowest BCUT2D eigenvalue weighted by atomic mass is 10.2. The molecule has 5 heteroatoms. The predicted octanol–water partition coefficient (Wildman–Crippen LogP) is 2.77. The summed E-state index contributed by atoms with van der Waals surface area (Å²) in [5, 5.41) is 0.696. The molecule has 15 heavy (non-hydrogen) atoms. The highest BCUT2D eigenvalue weighted by Gasteiger charge is 2.03. The molecule has 2 aromatic heterocycles. The fraction of sp³-hybridized carbons (Fsp3) is 0.100. The maximum absolute atomic E-state index is 5.76. The Labute approximate surface area is 97.1 Å². The third-order valence-electron chi connectivity index (χ3n) is 1.78. The van der Waals surface area contributed by atoms with Crippen LogP contribution in [-0.4, -0.2) is 15.0 Å². The van der Waals surface area contributed by atoms with Crippen LogP contribution < -0.4 is 0 Å². The molecular formula is C10H7Cl2N3. The van der Waals surface area contributed by atoms with Crippen molar-refractivity contribution in [3.63, 3.8) is 0 Å². The van der Waals surface area contributed by atoms with Gasteiger partial charge in [0.15, 0.2) is 0 Å². The van der Waals surface area contributed by atoms with E-state index in [0.717, 1.165) is 5.69 Å². The van der Waals surface area contributed by atoms with Crippen molar-refractivity contribution in [2.24, 2.45) is 0 Å². The second-order valence-electron chi connectivity index (χ2n) is 2.93. The van der Waals surface area contributed by atoms with Crippen molar-refractivity contribution < 1.29 is 0 Å². The summed E-state index contributed by atoms with van der Waals surface area (Å²) in [7, 11) is 0. The molecule has 0 aliphatic carbocycles. The third-order valence-corrected chi connectivity index (χ3v) is 2.16. The van der Waals surface area contributed by atoms with E-state index in [-0.39, 0.29) is 0 Å². The van der Waals surface area contributed by atoms with Gasteiger partial charge in [-0.05, 0) is 12.1 Å². The molecule has 0 fully saturated rings. The van der Waals surface area contributed by atoms with Gasteiger partial charge in [-0.2, -0.15) is 0 Å². The molecule has 0 bridgehead atoms. The molecule has 0 unspecified atom stereocenters. The number of pyridine rings is 1. The zero-order chi connectivity index (χ0) is 10.7. The predicted molar refractivity (Wildman–Crippen MR) is 59.1 cm³/mol. The zero-order valence-corrected chi connectivity index (χ0v) is 9.20. The van der Waals surface area contributed by atoms with Crippen LogP contribution in [0.25, 0.3) is 0 Å². The van der Waals surface area contributed by atoms with Gasteiger partial charge in [-0.3, -0.25) is 4.98 Å². The van der Waals surface area contributed by atoms with E-state index in [0.29, 0.717) is 22.6 Å². The second-order valence-corrected chi connectivity index (χ2v) is 3.70. The smallest absolute Gasteiger partial charge is 0.137 e. The minimum absolute atomic E-state index is 0.348. The first-order chi connectivity index (χ1) is 7.24. The highest BCUT2D eigenvalue weighted by molar-refractivity contribution is 6.33. The lowest BCUT2D eigenvalue weighted by Crippen LogP contribution is -1.98. The average Bonchev–Trinajstić information content (AvgIpc) is 2.17. The van der Waals surface area contributed by atoms with Gasteiger partial charge < -0.3 is 0 Å². The lowest BCUT2D eigenvalue weighted by molar-refractivity contribution is 0.936. The fourth-order valence-electron chi connectivity index (χ4n) is 1.18. The molecular weight excluding hydrogens is 233 g/mol. The van der Waals surface area contributed by atoms with Crippen LogP contribution >= 0.6 is 23.2 Å². The molecule has 2 heterocycles. The van der Waals surface area contributed by atoms with Crippen LogP contribution in [0.3, 0.4) is 0 Å². The Balaban J connectivity index is 2.25. The van der Waals surface area contributed by atoms with Gasteiger partial charge in [-0.25, -0.2) is 9.97 Å². The van der Waals surface area contributed by atoms with E-state index < -0.39 is 0 Å². The SMILES string of the molecule is Clc1cc(Cl)nc(Cc2ccccn2)n1. The van der Waals surface area contributed by atoms with Crippen molar-refractivity contribution in [2.45, 2.75) is 6.42 Å². The molecule has 0 spiro atoms. The van der Waals surface area contributed by atoms with E-state index in [1.54, 1.807) is 6.20 Å². The van der Waals surface area contributed by atoms with Crippen LogP contribution in [0.4, 0.5) is 0 Å². The number of hydrogen-bond donors (Lipinski definition) is 0. The van der Waals surface area contributed by atoms with Crippen molar-refractivity contribution in [1.29, 1.82) is 0 Å². The zero-order valence-electron chi connectivity index (χ0n) is 7.69. The van der Waals surface area contributed by atoms with Crippen molar-refractivity contribution >= 4 is 23.2 Å². The van der Waals surface area contributed by atoms with Crippen LogP contribution in [0.1, 0.15) is 11.5 Å². The first-order valence-corrected chi connectivity index (χ1v) is 5.08. The molecule has 0 saturated heterocycles.